The fourth-order valence-electron chi connectivity index (χ4n) is 3.59. The molecule has 1 aliphatic heterocycles. The van der Waals surface area contributed by atoms with Crippen LogP contribution in [-0.2, 0) is 14.3 Å². The van der Waals surface area contributed by atoms with E-state index in [2.05, 4.69) is 17.1 Å². The Labute approximate surface area is 122 Å². The van der Waals surface area contributed by atoms with Crippen LogP contribution in [0, 0.1) is 0 Å². The number of likely N-dealkylation sites (N-methyl/N-ethyl adjacent to an activating group) is 1. The van der Waals surface area contributed by atoms with Crippen molar-refractivity contribution in [3.8, 4) is 0 Å². The second kappa shape index (κ2) is 6.87. The second-order valence-electron chi connectivity index (χ2n) is 5.97. The molecule has 0 aromatic rings. The molecule has 2 fully saturated rings. The van der Waals surface area contributed by atoms with E-state index in [1.165, 1.54) is 7.11 Å². The van der Waals surface area contributed by atoms with Gasteiger partial charge in [0.15, 0.2) is 0 Å². The van der Waals surface area contributed by atoms with Crippen LogP contribution < -0.4 is 5.32 Å². The van der Waals surface area contributed by atoms with E-state index in [1.54, 1.807) is 0 Å². The van der Waals surface area contributed by atoms with Gasteiger partial charge in [0.05, 0.1) is 19.8 Å². The zero-order chi connectivity index (χ0) is 14.6. The Balaban J connectivity index is 2.03. The third-order valence-corrected chi connectivity index (χ3v) is 4.92. The quantitative estimate of drug-likeness (QED) is 0.785. The van der Waals surface area contributed by atoms with E-state index in [9.17, 15) is 4.79 Å². The van der Waals surface area contributed by atoms with E-state index >= 15 is 0 Å². The van der Waals surface area contributed by atoms with Gasteiger partial charge in [0.2, 0.25) is 0 Å². The minimum Gasteiger partial charge on any atom is -0.468 e. The highest BCUT2D eigenvalue weighted by Gasteiger charge is 2.44. The van der Waals surface area contributed by atoms with Crippen LogP contribution in [0.5, 0.6) is 0 Å². The number of hydrogen-bond acceptors (Lipinski definition) is 5. The molecule has 5 nitrogen and oxygen atoms in total. The molecular formula is C15H28N2O3. The van der Waals surface area contributed by atoms with Gasteiger partial charge < -0.3 is 14.8 Å². The lowest BCUT2D eigenvalue weighted by Crippen LogP contribution is -2.59. The lowest BCUT2D eigenvalue weighted by atomic mass is 9.78. The molecule has 0 amide bonds. The van der Waals surface area contributed by atoms with Crippen LogP contribution in [-0.4, -0.2) is 62.4 Å². The SMILES string of the molecule is CCC1CN(C2CCCC(NC)(C(=O)OC)C2)CCO1. The Morgan fingerprint density at radius 2 is 2.35 bits per heavy atom. The molecule has 1 aliphatic carbocycles. The number of esters is 1. The van der Waals surface area contributed by atoms with Gasteiger partial charge >= 0.3 is 5.97 Å². The fraction of sp³-hybridized carbons (Fsp3) is 0.933. The Morgan fingerprint density at radius 3 is 3.00 bits per heavy atom. The molecule has 2 aliphatic rings. The average molecular weight is 284 g/mol. The summed E-state index contributed by atoms with van der Waals surface area (Å²) >= 11 is 0. The van der Waals surface area contributed by atoms with Crippen molar-refractivity contribution in [2.45, 2.75) is 56.7 Å². The van der Waals surface area contributed by atoms with Gasteiger partial charge in [-0.15, -0.1) is 0 Å². The minimum atomic E-state index is -0.502. The molecule has 0 aromatic carbocycles. The summed E-state index contributed by atoms with van der Waals surface area (Å²) in [5.41, 5.74) is -0.502. The van der Waals surface area contributed by atoms with Crippen LogP contribution in [0.3, 0.4) is 0 Å². The number of ether oxygens (including phenoxy) is 2. The van der Waals surface area contributed by atoms with Crippen LogP contribution >= 0.6 is 0 Å². The van der Waals surface area contributed by atoms with E-state index in [1.807, 2.05) is 7.05 Å². The third kappa shape index (κ3) is 3.15. The number of carbonyl (C=O) groups excluding carboxylic acids is 1. The van der Waals surface area contributed by atoms with Crippen molar-refractivity contribution >= 4 is 5.97 Å². The zero-order valence-corrected chi connectivity index (χ0v) is 13.0. The lowest BCUT2D eigenvalue weighted by molar-refractivity contribution is -0.151. The summed E-state index contributed by atoms with van der Waals surface area (Å²) in [4.78, 5) is 14.6. The minimum absolute atomic E-state index is 0.120. The van der Waals surface area contributed by atoms with Gasteiger partial charge in [-0.05, 0) is 39.2 Å². The molecule has 116 valence electrons. The van der Waals surface area contributed by atoms with Crippen molar-refractivity contribution < 1.29 is 14.3 Å². The van der Waals surface area contributed by atoms with Crippen molar-refractivity contribution in [1.82, 2.24) is 10.2 Å². The van der Waals surface area contributed by atoms with Crippen molar-refractivity contribution in [3.63, 3.8) is 0 Å². The van der Waals surface area contributed by atoms with Crippen molar-refractivity contribution in [3.05, 3.63) is 0 Å². The summed E-state index contributed by atoms with van der Waals surface area (Å²) in [5, 5.41) is 3.23. The predicted octanol–water partition coefficient (Wildman–Crippen LogP) is 1.17. The first-order valence-corrected chi connectivity index (χ1v) is 7.78. The molecule has 0 radical (unpaired) electrons. The van der Waals surface area contributed by atoms with Crippen LogP contribution in [0.25, 0.3) is 0 Å². The summed E-state index contributed by atoms with van der Waals surface area (Å²) in [6.45, 7) is 4.94. The van der Waals surface area contributed by atoms with Crippen LogP contribution in [0.4, 0.5) is 0 Å². The molecule has 1 saturated carbocycles. The summed E-state index contributed by atoms with van der Waals surface area (Å²) in [7, 11) is 3.35. The predicted molar refractivity (Wildman–Crippen MR) is 77.7 cm³/mol. The smallest absolute Gasteiger partial charge is 0.326 e. The zero-order valence-electron chi connectivity index (χ0n) is 13.0. The molecule has 1 N–H and O–H groups in total. The molecule has 0 spiro atoms. The summed E-state index contributed by atoms with van der Waals surface area (Å²) in [5.74, 6) is -0.120. The molecule has 2 rings (SSSR count). The van der Waals surface area contributed by atoms with Crippen molar-refractivity contribution in [2.75, 3.05) is 33.9 Å². The van der Waals surface area contributed by atoms with Crippen LogP contribution in [0.15, 0.2) is 0 Å². The van der Waals surface area contributed by atoms with Gasteiger partial charge in [-0.1, -0.05) is 6.92 Å². The maximum Gasteiger partial charge on any atom is 0.326 e. The molecule has 5 heteroatoms. The summed E-state index contributed by atoms with van der Waals surface area (Å²) in [6, 6.07) is 0.452. The van der Waals surface area contributed by atoms with Gasteiger partial charge in [0.1, 0.15) is 5.54 Å². The van der Waals surface area contributed by atoms with Gasteiger partial charge in [-0.2, -0.15) is 0 Å². The molecular weight excluding hydrogens is 256 g/mol. The van der Waals surface area contributed by atoms with Crippen LogP contribution in [0.2, 0.25) is 0 Å². The largest absolute Gasteiger partial charge is 0.468 e. The lowest BCUT2D eigenvalue weighted by Gasteiger charge is -2.45. The van der Waals surface area contributed by atoms with Gasteiger partial charge in [-0.25, -0.2) is 0 Å². The van der Waals surface area contributed by atoms with Crippen molar-refractivity contribution in [1.29, 1.82) is 0 Å². The number of morpholine rings is 1. The monoisotopic (exact) mass is 284 g/mol. The first-order valence-electron chi connectivity index (χ1n) is 7.78. The highest BCUT2D eigenvalue weighted by atomic mass is 16.5. The average Bonchev–Trinajstić information content (AvgIpc) is 2.54. The van der Waals surface area contributed by atoms with E-state index in [4.69, 9.17) is 9.47 Å². The standard InChI is InChI=1S/C15H28N2O3/c1-4-13-11-17(8-9-20-13)12-6-5-7-15(10-12,16-2)14(18)19-3/h12-13,16H,4-11H2,1-3H3. The number of nitrogens with one attached hydrogen (secondary N) is 1. The Morgan fingerprint density at radius 1 is 1.55 bits per heavy atom. The van der Waals surface area contributed by atoms with Gasteiger partial charge in [-0.3, -0.25) is 9.69 Å². The summed E-state index contributed by atoms with van der Waals surface area (Å²) < 4.78 is 10.8. The maximum atomic E-state index is 12.1. The van der Waals surface area contributed by atoms with E-state index in [0.717, 1.165) is 51.8 Å². The first-order chi connectivity index (χ1) is 9.65. The Hall–Kier alpha value is -0.650. The molecule has 1 saturated heterocycles. The summed E-state index contributed by atoms with van der Waals surface area (Å²) in [6.07, 6.45) is 5.33. The number of carbonyl (C=O) groups is 1. The normalized spacial score (nSPS) is 35.8. The molecule has 1 heterocycles. The molecule has 20 heavy (non-hydrogen) atoms. The molecule has 0 aromatic heterocycles. The maximum absolute atomic E-state index is 12.1. The highest BCUT2D eigenvalue weighted by molar-refractivity contribution is 5.81. The number of hydrogen-bond donors (Lipinski definition) is 1. The fourth-order valence-corrected chi connectivity index (χ4v) is 3.59. The Bertz CT molecular complexity index is 337. The van der Waals surface area contributed by atoms with E-state index in [-0.39, 0.29) is 5.97 Å². The number of nitrogens with zero attached hydrogens (tertiary/aromatic N) is 1. The highest BCUT2D eigenvalue weighted by Crippen LogP contribution is 2.33. The first kappa shape index (κ1) is 15.7. The number of methoxy groups -OCH3 is 1. The van der Waals surface area contributed by atoms with Gasteiger partial charge in [0.25, 0.3) is 0 Å². The Kier molecular flexibility index (Phi) is 5.41. The van der Waals surface area contributed by atoms with Crippen molar-refractivity contribution in [2.24, 2.45) is 0 Å². The van der Waals surface area contributed by atoms with E-state index in [0.29, 0.717) is 12.1 Å². The molecule has 0 bridgehead atoms. The second-order valence-corrected chi connectivity index (χ2v) is 5.97. The number of rotatable bonds is 4. The van der Waals surface area contributed by atoms with Gasteiger partial charge in [0, 0.05) is 19.1 Å². The third-order valence-electron chi connectivity index (χ3n) is 4.92. The van der Waals surface area contributed by atoms with E-state index < -0.39 is 5.54 Å². The topological polar surface area (TPSA) is 50.8 Å². The molecule has 3 unspecified atom stereocenters. The molecule has 3 atom stereocenters. The van der Waals surface area contributed by atoms with Crippen LogP contribution in [0.1, 0.15) is 39.0 Å².